The predicted octanol–water partition coefficient (Wildman–Crippen LogP) is 20.2. The van der Waals surface area contributed by atoms with Gasteiger partial charge in [0, 0.05) is 83.4 Å². The van der Waals surface area contributed by atoms with E-state index in [4.69, 9.17) is 4.74 Å². The van der Waals surface area contributed by atoms with E-state index < -0.39 is 12.2 Å². The lowest BCUT2D eigenvalue weighted by molar-refractivity contribution is -0.144. The van der Waals surface area contributed by atoms with Crippen molar-refractivity contribution in [2.45, 2.75) is 335 Å². The lowest BCUT2D eigenvalue weighted by Crippen LogP contribution is -2.47. The SMILES string of the molecule is CC/C=C\C/C=C\C/C=C\CCCCCC[C@@H](O)CN(CCCC(=O)OCCN1CCN(CCSSCCCCN(CC(O)CCCCCCCCCCCC)CC(O)CCCCCCCCCCCC)CC1)C[C@H](O)CCCCCC/C=C\C/C=C\C/C=C\CC. The smallest absolute Gasteiger partial charge is 0.305 e. The molecule has 0 saturated carbocycles. The fraction of sp³-hybridized carbons (Fsp3) is 0.838. The summed E-state index contributed by atoms with van der Waals surface area (Å²) in [5.74, 6) is 2.09. The van der Waals surface area contributed by atoms with Crippen LogP contribution in [0.15, 0.2) is 72.9 Å². The minimum atomic E-state index is -0.447. The van der Waals surface area contributed by atoms with Crippen molar-refractivity contribution >= 4 is 27.6 Å². The van der Waals surface area contributed by atoms with E-state index >= 15 is 0 Å². The van der Waals surface area contributed by atoms with Crippen LogP contribution in [-0.4, -0.2) is 167 Å². The van der Waals surface area contributed by atoms with Crippen LogP contribution >= 0.6 is 21.6 Å². The first-order valence-corrected chi connectivity index (χ1v) is 41.6. The second-order valence-electron chi connectivity index (χ2n) is 27.0. The number of aliphatic hydroxyl groups excluding tert-OH is 4. The zero-order chi connectivity index (χ0) is 66.5. The van der Waals surface area contributed by atoms with E-state index in [-0.39, 0.29) is 18.2 Å². The Morgan fingerprint density at radius 1 is 0.380 bits per heavy atom. The normalized spacial score (nSPS) is 15.2. The van der Waals surface area contributed by atoms with Gasteiger partial charge in [-0.2, -0.15) is 0 Å². The third-order valence-electron chi connectivity index (χ3n) is 18.1. The van der Waals surface area contributed by atoms with Crippen LogP contribution < -0.4 is 0 Å². The highest BCUT2D eigenvalue weighted by atomic mass is 33.1. The molecular formula is C80H150N4O6S2. The number of ether oxygens (including phenoxy) is 1. The van der Waals surface area contributed by atoms with E-state index in [9.17, 15) is 25.2 Å². The maximum absolute atomic E-state index is 13.0. The van der Waals surface area contributed by atoms with Crippen molar-refractivity contribution in [2.75, 3.05) is 96.6 Å². The van der Waals surface area contributed by atoms with Gasteiger partial charge in [0.1, 0.15) is 6.61 Å². The highest BCUT2D eigenvalue weighted by Gasteiger charge is 2.20. The summed E-state index contributed by atoms with van der Waals surface area (Å²) in [5.41, 5.74) is 0. The number of allylic oxidation sites excluding steroid dienone is 12. The topological polar surface area (TPSA) is 120 Å². The van der Waals surface area contributed by atoms with Gasteiger partial charge in [-0.15, -0.1) is 0 Å². The van der Waals surface area contributed by atoms with Crippen molar-refractivity contribution in [1.82, 2.24) is 19.6 Å². The van der Waals surface area contributed by atoms with Crippen LogP contribution in [0, 0.1) is 0 Å². The molecule has 0 aromatic carbocycles. The zero-order valence-corrected chi connectivity index (χ0v) is 62.3. The number of carbonyl (C=O) groups excluding carboxylic acids is 1. The van der Waals surface area contributed by atoms with Crippen LogP contribution in [0.5, 0.6) is 0 Å². The minimum Gasteiger partial charge on any atom is -0.464 e. The molecule has 1 aliphatic heterocycles. The highest BCUT2D eigenvalue weighted by molar-refractivity contribution is 8.76. The summed E-state index contributed by atoms with van der Waals surface area (Å²) in [5, 5.41) is 44.6. The summed E-state index contributed by atoms with van der Waals surface area (Å²) in [4.78, 5) is 22.5. The van der Waals surface area contributed by atoms with Crippen LogP contribution in [0.3, 0.4) is 0 Å². The molecule has 0 aromatic rings. The first kappa shape index (κ1) is 88.3. The van der Waals surface area contributed by atoms with E-state index in [1.807, 2.05) is 21.6 Å². The number of rotatable bonds is 70. The van der Waals surface area contributed by atoms with Gasteiger partial charge in [-0.25, -0.2) is 0 Å². The van der Waals surface area contributed by atoms with Crippen LogP contribution in [-0.2, 0) is 9.53 Å². The number of aliphatic hydroxyl groups is 4. The van der Waals surface area contributed by atoms with Gasteiger partial charge in [0.25, 0.3) is 0 Å². The number of esters is 1. The molecule has 92 heavy (non-hydrogen) atoms. The van der Waals surface area contributed by atoms with Gasteiger partial charge >= 0.3 is 5.97 Å². The molecule has 0 aromatic heterocycles. The Kier molecular flexibility index (Phi) is 67.8. The molecule has 1 aliphatic rings. The molecule has 0 aliphatic carbocycles. The minimum absolute atomic E-state index is 0.156. The molecule has 12 heteroatoms. The van der Waals surface area contributed by atoms with Gasteiger partial charge in [0.05, 0.1) is 24.4 Å². The number of nitrogens with zero attached hydrogens (tertiary/aromatic N) is 4. The van der Waals surface area contributed by atoms with E-state index in [0.29, 0.717) is 52.2 Å². The molecule has 0 bridgehead atoms. The number of hydrogen-bond donors (Lipinski definition) is 4. The number of unbranched alkanes of at least 4 members (excludes halogenated alkanes) is 27. The molecule has 0 radical (unpaired) electrons. The van der Waals surface area contributed by atoms with E-state index in [2.05, 4.69) is 120 Å². The van der Waals surface area contributed by atoms with Crippen LogP contribution in [0.25, 0.3) is 0 Å². The molecule has 0 amide bonds. The molecule has 1 heterocycles. The maximum atomic E-state index is 13.0. The Bertz CT molecular complexity index is 1630. The molecule has 4 N–H and O–H groups in total. The number of carbonyl (C=O) groups is 1. The fourth-order valence-corrected chi connectivity index (χ4v) is 14.5. The van der Waals surface area contributed by atoms with Crippen molar-refractivity contribution in [1.29, 1.82) is 0 Å². The number of hydrogen-bond acceptors (Lipinski definition) is 12. The monoisotopic (exact) mass is 1330 g/mol. The maximum Gasteiger partial charge on any atom is 0.305 e. The first-order valence-electron chi connectivity index (χ1n) is 39.1. The molecule has 2 unspecified atom stereocenters. The quantitative estimate of drug-likeness (QED) is 0.0201. The Labute approximate surface area is 578 Å². The third kappa shape index (κ3) is 63.1. The lowest BCUT2D eigenvalue weighted by Gasteiger charge is -2.34. The molecular weight excluding hydrogens is 1180 g/mol. The molecule has 1 rings (SSSR count). The van der Waals surface area contributed by atoms with Crippen molar-refractivity contribution in [3.05, 3.63) is 72.9 Å². The second-order valence-corrected chi connectivity index (χ2v) is 29.7. The summed E-state index contributed by atoms with van der Waals surface area (Å²) in [6, 6.07) is 0. The van der Waals surface area contributed by atoms with E-state index in [1.54, 1.807) is 0 Å². The Balaban J connectivity index is 2.43. The molecule has 0 spiro atoms. The largest absolute Gasteiger partial charge is 0.464 e. The van der Waals surface area contributed by atoms with E-state index in [0.717, 1.165) is 186 Å². The Hall–Kier alpha value is -1.71. The molecule has 10 nitrogen and oxygen atoms in total. The van der Waals surface area contributed by atoms with Crippen LogP contribution in [0.1, 0.15) is 310 Å². The summed E-state index contributed by atoms with van der Waals surface area (Å²) in [7, 11) is 3.98. The first-order chi connectivity index (χ1) is 45.2. The Morgan fingerprint density at radius 2 is 0.707 bits per heavy atom. The van der Waals surface area contributed by atoms with Gasteiger partial charge in [-0.1, -0.05) is 289 Å². The predicted molar refractivity (Wildman–Crippen MR) is 406 cm³/mol. The van der Waals surface area contributed by atoms with Crippen molar-refractivity contribution in [3.8, 4) is 0 Å². The van der Waals surface area contributed by atoms with E-state index in [1.165, 1.54) is 141 Å². The van der Waals surface area contributed by atoms with Crippen molar-refractivity contribution < 1.29 is 30.0 Å². The van der Waals surface area contributed by atoms with Gasteiger partial charge in [-0.05, 0) is 122 Å². The fourth-order valence-electron chi connectivity index (χ4n) is 12.3. The highest BCUT2D eigenvalue weighted by Crippen LogP contribution is 2.24. The standard InChI is InChI=1S/C80H150N4O6S2/c1-5-9-13-17-21-25-29-31-33-35-39-43-47-51-58-78(87)74-84(75-79(88)59-52-48-44-40-36-34-32-30-26-22-18-14-10-6-2)62-55-60-80(89)90-69-67-81-63-65-82(66-64-81)68-71-92-91-70-54-53-61-83(72-76(85)56-49-45-41-37-27-23-19-15-11-7-3)73-77(86)57-50-46-42-38-28-24-20-16-12-8-4/h9-10,13-14,21-22,25-26,31-34,76-79,85-88H,5-8,11-12,15-20,23-24,27-30,35-75H2,1-4H3/b13-9-,14-10-,25-21-,26-22-,33-31-,34-32-/t76?,77?,78-,79-/m1/s1. The van der Waals surface area contributed by atoms with Gasteiger partial charge in [-0.3, -0.25) is 24.4 Å². The summed E-state index contributed by atoms with van der Waals surface area (Å²) in [6.07, 6.45) is 75.5. The second kappa shape index (κ2) is 70.6. The molecule has 1 fully saturated rings. The van der Waals surface area contributed by atoms with Crippen molar-refractivity contribution in [2.24, 2.45) is 0 Å². The zero-order valence-electron chi connectivity index (χ0n) is 60.7. The van der Waals surface area contributed by atoms with Gasteiger partial charge in [0.15, 0.2) is 0 Å². The molecule has 1 saturated heterocycles. The lowest BCUT2D eigenvalue weighted by atomic mass is 10.0. The summed E-state index contributed by atoms with van der Waals surface area (Å²) in [6.45, 7) is 19.2. The average molecular weight is 1330 g/mol. The molecule has 538 valence electrons. The Morgan fingerprint density at radius 3 is 1.10 bits per heavy atom. The van der Waals surface area contributed by atoms with Crippen LogP contribution in [0.4, 0.5) is 0 Å². The third-order valence-corrected chi connectivity index (χ3v) is 20.5. The summed E-state index contributed by atoms with van der Waals surface area (Å²) < 4.78 is 5.76. The molecule has 4 atom stereocenters. The van der Waals surface area contributed by atoms with Gasteiger partial charge < -0.3 is 25.2 Å². The number of piperazine rings is 1. The average Bonchev–Trinajstić information content (AvgIpc) is 3.05. The van der Waals surface area contributed by atoms with Crippen molar-refractivity contribution in [3.63, 3.8) is 0 Å². The van der Waals surface area contributed by atoms with Gasteiger partial charge in [0.2, 0.25) is 0 Å². The summed E-state index contributed by atoms with van der Waals surface area (Å²) >= 11 is 0. The van der Waals surface area contributed by atoms with Crippen LogP contribution in [0.2, 0.25) is 0 Å².